The van der Waals surface area contributed by atoms with E-state index in [1.807, 2.05) is 24.3 Å². The predicted molar refractivity (Wildman–Crippen MR) is 77.0 cm³/mol. The number of rotatable bonds is 3. The van der Waals surface area contributed by atoms with Gasteiger partial charge in [0.25, 0.3) is 0 Å². The number of aldehydes is 1. The zero-order valence-electron chi connectivity index (χ0n) is 11.8. The minimum atomic E-state index is -0.488. The first kappa shape index (κ1) is 14.3. The molecule has 2 aromatic rings. The van der Waals surface area contributed by atoms with Gasteiger partial charge in [0.2, 0.25) is 0 Å². The van der Waals surface area contributed by atoms with Gasteiger partial charge in [0.15, 0.2) is 0 Å². The molecule has 0 aliphatic carbocycles. The number of para-hydroxylation sites is 1. The van der Waals surface area contributed by atoms with Crippen molar-refractivity contribution in [2.24, 2.45) is 0 Å². The Morgan fingerprint density at radius 1 is 1.10 bits per heavy atom. The fourth-order valence-electron chi connectivity index (χ4n) is 2.01. The van der Waals surface area contributed by atoms with E-state index < -0.39 is 5.82 Å². The SMILES string of the molecule is CC(C)(C)c1ccccc1Oc1cc(F)cc(C=O)c1. The molecule has 104 valence electrons. The zero-order chi connectivity index (χ0) is 14.8. The van der Waals surface area contributed by atoms with Crippen molar-refractivity contribution in [2.45, 2.75) is 26.2 Å². The van der Waals surface area contributed by atoms with Crippen LogP contribution < -0.4 is 4.74 Å². The van der Waals surface area contributed by atoms with Gasteiger partial charge in [-0.3, -0.25) is 4.79 Å². The molecular weight excluding hydrogens is 255 g/mol. The summed E-state index contributed by atoms with van der Waals surface area (Å²) in [5, 5.41) is 0. The fourth-order valence-corrected chi connectivity index (χ4v) is 2.01. The third-order valence-electron chi connectivity index (χ3n) is 2.95. The molecule has 2 aromatic carbocycles. The second-order valence-electron chi connectivity index (χ2n) is 5.69. The highest BCUT2D eigenvalue weighted by molar-refractivity contribution is 5.75. The average molecular weight is 272 g/mol. The maximum atomic E-state index is 13.4. The largest absolute Gasteiger partial charge is 0.457 e. The monoisotopic (exact) mass is 272 g/mol. The molecule has 0 saturated heterocycles. The Balaban J connectivity index is 2.40. The van der Waals surface area contributed by atoms with Crippen molar-refractivity contribution < 1.29 is 13.9 Å². The van der Waals surface area contributed by atoms with E-state index in [1.165, 1.54) is 18.2 Å². The smallest absolute Gasteiger partial charge is 0.150 e. The molecule has 0 aromatic heterocycles. The molecule has 0 heterocycles. The van der Waals surface area contributed by atoms with Gasteiger partial charge < -0.3 is 4.74 Å². The van der Waals surface area contributed by atoms with Gasteiger partial charge in [0, 0.05) is 17.2 Å². The molecule has 3 heteroatoms. The number of benzene rings is 2. The van der Waals surface area contributed by atoms with E-state index >= 15 is 0 Å². The van der Waals surface area contributed by atoms with Crippen LogP contribution in [0.2, 0.25) is 0 Å². The number of carbonyl (C=O) groups excluding carboxylic acids is 1. The molecule has 0 spiro atoms. The van der Waals surface area contributed by atoms with Crippen LogP contribution in [0.15, 0.2) is 42.5 Å². The normalized spacial score (nSPS) is 11.2. The summed E-state index contributed by atoms with van der Waals surface area (Å²) in [6.45, 7) is 6.24. The van der Waals surface area contributed by atoms with Crippen LogP contribution >= 0.6 is 0 Å². The van der Waals surface area contributed by atoms with E-state index in [4.69, 9.17) is 4.74 Å². The number of hydrogen-bond acceptors (Lipinski definition) is 2. The Bertz CT molecular complexity index is 627. The molecule has 0 N–H and O–H groups in total. The maximum Gasteiger partial charge on any atom is 0.150 e. The van der Waals surface area contributed by atoms with Crippen molar-refractivity contribution in [1.82, 2.24) is 0 Å². The first-order valence-corrected chi connectivity index (χ1v) is 6.43. The number of halogens is 1. The van der Waals surface area contributed by atoms with Crippen LogP contribution in [-0.2, 0) is 5.41 Å². The third-order valence-corrected chi connectivity index (χ3v) is 2.95. The van der Waals surface area contributed by atoms with E-state index in [9.17, 15) is 9.18 Å². The minimum Gasteiger partial charge on any atom is -0.457 e. The molecule has 0 unspecified atom stereocenters. The van der Waals surface area contributed by atoms with Crippen LogP contribution in [0.1, 0.15) is 36.7 Å². The van der Waals surface area contributed by atoms with Crippen LogP contribution in [0.5, 0.6) is 11.5 Å². The van der Waals surface area contributed by atoms with Gasteiger partial charge in [-0.1, -0.05) is 39.0 Å². The molecule has 0 bridgehead atoms. The van der Waals surface area contributed by atoms with E-state index in [2.05, 4.69) is 20.8 Å². The molecular formula is C17H17FO2. The van der Waals surface area contributed by atoms with Gasteiger partial charge in [0.1, 0.15) is 23.6 Å². The standard InChI is InChI=1S/C17H17FO2/c1-17(2,3)15-6-4-5-7-16(15)20-14-9-12(11-19)8-13(18)10-14/h4-11H,1-3H3. The van der Waals surface area contributed by atoms with Crippen LogP contribution in [0.4, 0.5) is 4.39 Å². The lowest BCUT2D eigenvalue weighted by Gasteiger charge is -2.22. The molecule has 0 saturated carbocycles. The molecule has 0 aliphatic rings. The topological polar surface area (TPSA) is 26.3 Å². The number of ether oxygens (including phenoxy) is 1. The summed E-state index contributed by atoms with van der Waals surface area (Å²) in [6, 6.07) is 11.6. The predicted octanol–water partition coefficient (Wildman–Crippen LogP) is 4.73. The van der Waals surface area contributed by atoms with Crippen molar-refractivity contribution in [2.75, 3.05) is 0 Å². The van der Waals surface area contributed by atoms with Crippen molar-refractivity contribution in [3.8, 4) is 11.5 Å². The summed E-state index contributed by atoms with van der Waals surface area (Å²) in [5.41, 5.74) is 1.20. The Morgan fingerprint density at radius 2 is 1.80 bits per heavy atom. The molecule has 0 radical (unpaired) electrons. The first-order valence-electron chi connectivity index (χ1n) is 6.43. The van der Waals surface area contributed by atoms with E-state index in [1.54, 1.807) is 0 Å². The summed E-state index contributed by atoms with van der Waals surface area (Å²) >= 11 is 0. The second kappa shape index (κ2) is 5.45. The summed E-state index contributed by atoms with van der Waals surface area (Å²) in [4.78, 5) is 10.8. The van der Waals surface area contributed by atoms with Gasteiger partial charge in [-0.2, -0.15) is 0 Å². The zero-order valence-corrected chi connectivity index (χ0v) is 11.8. The van der Waals surface area contributed by atoms with Gasteiger partial charge >= 0.3 is 0 Å². The summed E-state index contributed by atoms with van der Waals surface area (Å²) in [5.74, 6) is 0.504. The second-order valence-corrected chi connectivity index (χ2v) is 5.69. The Kier molecular flexibility index (Phi) is 3.89. The van der Waals surface area contributed by atoms with Crippen molar-refractivity contribution in [3.05, 3.63) is 59.4 Å². The molecule has 0 fully saturated rings. The molecule has 2 rings (SSSR count). The average Bonchev–Trinajstić information content (AvgIpc) is 2.37. The molecule has 0 amide bonds. The molecule has 0 aliphatic heterocycles. The minimum absolute atomic E-state index is 0.0859. The van der Waals surface area contributed by atoms with Crippen molar-refractivity contribution in [3.63, 3.8) is 0 Å². The lowest BCUT2D eigenvalue weighted by Crippen LogP contribution is -2.12. The lowest BCUT2D eigenvalue weighted by atomic mass is 9.86. The molecule has 20 heavy (non-hydrogen) atoms. The van der Waals surface area contributed by atoms with Crippen LogP contribution in [-0.4, -0.2) is 6.29 Å². The first-order chi connectivity index (χ1) is 9.40. The number of hydrogen-bond donors (Lipinski definition) is 0. The maximum absolute atomic E-state index is 13.4. The molecule has 2 nitrogen and oxygen atoms in total. The van der Waals surface area contributed by atoms with Gasteiger partial charge in [-0.05, 0) is 23.6 Å². The van der Waals surface area contributed by atoms with Crippen LogP contribution in [0.25, 0.3) is 0 Å². The molecule has 0 atom stereocenters. The Hall–Kier alpha value is -2.16. The Labute approximate surface area is 118 Å². The van der Waals surface area contributed by atoms with E-state index in [0.717, 1.165) is 5.56 Å². The highest BCUT2D eigenvalue weighted by atomic mass is 19.1. The summed E-state index contributed by atoms with van der Waals surface area (Å²) in [6.07, 6.45) is 0.603. The van der Waals surface area contributed by atoms with Crippen LogP contribution in [0.3, 0.4) is 0 Å². The van der Waals surface area contributed by atoms with Crippen LogP contribution in [0, 0.1) is 5.82 Å². The van der Waals surface area contributed by atoms with Crippen molar-refractivity contribution >= 4 is 6.29 Å². The van der Waals surface area contributed by atoms with Gasteiger partial charge in [0.05, 0.1) is 0 Å². The summed E-state index contributed by atoms with van der Waals surface area (Å²) < 4.78 is 19.2. The Morgan fingerprint density at radius 3 is 2.45 bits per heavy atom. The van der Waals surface area contributed by atoms with Gasteiger partial charge in [-0.15, -0.1) is 0 Å². The van der Waals surface area contributed by atoms with Gasteiger partial charge in [-0.25, -0.2) is 4.39 Å². The third kappa shape index (κ3) is 3.23. The van der Waals surface area contributed by atoms with E-state index in [-0.39, 0.29) is 11.0 Å². The lowest BCUT2D eigenvalue weighted by molar-refractivity contribution is 0.112. The van der Waals surface area contributed by atoms with E-state index in [0.29, 0.717) is 17.8 Å². The highest BCUT2D eigenvalue weighted by Gasteiger charge is 2.18. The van der Waals surface area contributed by atoms with Crippen molar-refractivity contribution in [1.29, 1.82) is 0 Å². The quantitative estimate of drug-likeness (QED) is 0.755. The fraction of sp³-hybridized carbons (Fsp3) is 0.235. The highest BCUT2D eigenvalue weighted by Crippen LogP contribution is 2.34. The number of carbonyl (C=O) groups is 1. The summed E-state index contributed by atoms with van der Waals surface area (Å²) in [7, 11) is 0.